The van der Waals surface area contributed by atoms with E-state index in [4.69, 9.17) is 23.2 Å². The average Bonchev–Trinajstić information content (AvgIpc) is 1.85. The smallest absolute Gasteiger partial charge is 0.132 e. The van der Waals surface area contributed by atoms with Gasteiger partial charge in [0, 0.05) is 6.07 Å². The molecule has 0 fully saturated rings. The first-order valence-corrected chi connectivity index (χ1v) is 3.51. The van der Waals surface area contributed by atoms with Crippen LogP contribution in [0.3, 0.4) is 0 Å². The summed E-state index contributed by atoms with van der Waals surface area (Å²) in [6.07, 6.45) is 0. The normalized spacial score (nSPS) is 9.90. The van der Waals surface area contributed by atoms with Crippen LogP contribution >= 0.6 is 23.2 Å². The third-order valence-electron chi connectivity index (χ3n) is 0.949. The van der Waals surface area contributed by atoms with Crippen molar-refractivity contribution in [1.29, 1.82) is 0 Å². The Kier molecular flexibility index (Phi) is 2.46. The molecule has 1 aromatic heterocycles. The molecular formula is C6H4Cl2FN. The van der Waals surface area contributed by atoms with E-state index in [1.54, 1.807) is 0 Å². The molecule has 1 heterocycles. The maximum absolute atomic E-state index is 12.4. The topological polar surface area (TPSA) is 12.9 Å². The minimum absolute atomic E-state index is 0.135. The van der Waals surface area contributed by atoms with Gasteiger partial charge in [0.25, 0.3) is 0 Å². The van der Waals surface area contributed by atoms with Crippen LogP contribution in [0.25, 0.3) is 0 Å². The molecule has 0 N–H and O–H groups in total. The first-order chi connectivity index (χ1) is 4.72. The fourth-order valence-corrected chi connectivity index (χ4v) is 0.935. The summed E-state index contributed by atoms with van der Waals surface area (Å²) < 4.78 is 12.4. The van der Waals surface area contributed by atoms with Gasteiger partial charge < -0.3 is 0 Å². The Hall–Kier alpha value is -0.340. The van der Waals surface area contributed by atoms with Gasteiger partial charge in [0.05, 0.1) is 11.6 Å². The van der Waals surface area contributed by atoms with E-state index in [1.807, 2.05) is 0 Å². The van der Waals surface area contributed by atoms with Gasteiger partial charge in [0.2, 0.25) is 0 Å². The van der Waals surface area contributed by atoms with Crippen molar-refractivity contribution in [1.82, 2.24) is 4.98 Å². The molecule has 0 saturated heterocycles. The van der Waals surface area contributed by atoms with Crippen LogP contribution in [-0.4, -0.2) is 4.98 Å². The van der Waals surface area contributed by atoms with Crippen molar-refractivity contribution in [3.63, 3.8) is 0 Å². The van der Waals surface area contributed by atoms with Crippen LogP contribution in [0.2, 0.25) is 5.15 Å². The van der Waals surface area contributed by atoms with Crippen molar-refractivity contribution in [3.05, 3.63) is 28.8 Å². The first kappa shape index (κ1) is 7.76. The highest BCUT2D eigenvalue weighted by Gasteiger charge is 1.97. The minimum atomic E-state index is -0.407. The zero-order chi connectivity index (χ0) is 7.56. The number of pyridine rings is 1. The lowest BCUT2D eigenvalue weighted by molar-refractivity contribution is 0.623. The van der Waals surface area contributed by atoms with Gasteiger partial charge in [-0.15, -0.1) is 11.6 Å². The van der Waals surface area contributed by atoms with Crippen molar-refractivity contribution in [3.8, 4) is 0 Å². The summed E-state index contributed by atoms with van der Waals surface area (Å²) in [7, 11) is 0. The van der Waals surface area contributed by atoms with Crippen molar-refractivity contribution >= 4 is 23.2 Å². The number of hydrogen-bond donors (Lipinski definition) is 0. The predicted molar refractivity (Wildman–Crippen MR) is 38.8 cm³/mol. The number of rotatable bonds is 1. The molecule has 0 unspecified atom stereocenters. The third-order valence-corrected chi connectivity index (χ3v) is 1.42. The van der Waals surface area contributed by atoms with Crippen LogP contribution in [0.4, 0.5) is 4.39 Å². The van der Waals surface area contributed by atoms with Crippen molar-refractivity contribution in [2.24, 2.45) is 0 Å². The van der Waals surface area contributed by atoms with Gasteiger partial charge in [-0.3, -0.25) is 0 Å². The zero-order valence-electron chi connectivity index (χ0n) is 4.94. The number of nitrogens with zero attached hydrogens (tertiary/aromatic N) is 1. The van der Waals surface area contributed by atoms with E-state index in [2.05, 4.69) is 4.98 Å². The van der Waals surface area contributed by atoms with Gasteiger partial charge in [-0.2, -0.15) is 0 Å². The Morgan fingerprint density at radius 2 is 2.20 bits per heavy atom. The molecule has 0 radical (unpaired) electrons. The Labute approximate surface area is 67.8 Å². The summed E-state index contributed by atoms with van der Waals surface area (Å²) in [6, 6.07) is 2.39. The fourth-order valence-electron chi connectivity index (χ4n) is 0.585. The van der Waals surface area contributed by atoms with Crippen molar-refractivity contribution < 1.29 is 4.39 Å². The molecule has 0 aromatic carbocycles. The molecule has 4 heteroatoms. The highest BCUT2D eigenvalue weighted by Crippen LogP contribution is 2.10. The zero-order valence-corrected chi connectivity index (χ0v) is 6.45. The van der Waals surface area contributed by atoms with Crippen molar-refractivity contribution in [2.45, 2.75) is 5.88 Å². The Morgan fingerprint density at radius 1 is 1.50 bits per heavy atom. The highest BCUT2D eigenvalue weighted by molar-refractivity contribution is 6.29. The summed E-state index contributed by atoms with van der Waals surface area (Å²) in [5.74, 6) is -0.229. The second kappa shape index (κ2) is 3.17. The van der Waals surface area contributed by atoms with Crippen molar-refractivity contribution in [2.75, 3.05) is 0 Å². The van der Waals surface area contributed by atoms with E-state index >= 15 is 0 Å². The van der Waals surface area contributed by atoms with Crippen LogP contribution < -0.4 is 0 Å². The number of hydrogen-bond acceptors (Lipinski definition) is 1. The summed E-state index contributed by atoms with van der Waals surface area (Å²) in [6.45, 7) is 0. The summed E-state index contributed by atoms with van der Waals surface area (Å²) in [5, 5.41) is 0.135. The van der Waals surface area contributed by atoms with Crippen LogP contribution in [0, 0.1) is 5.82 Å². The first-order valence-electron chi connectivity index (χ1n) is 2.60. The van der Waals surface area contributed by atoms with Gasteiger partial charge in [0.15, 0.2) is 0 Å². The number of alkyl halides is 1. The van der Waals surface area contributed by atoms with Gasteiger partial charge in [-0.25, -0.2) is 9.37 Å². The molecule has 0 bridgehead atoms. The molecule has 0 aliphatic rings. The SMILES string of the molecule is Fc1cc(Cl)nc(CCl)c1. The standard InChI is InChI=1S/C6H4Cl2FN/c7-3-5-1-4(9)2-6(8)10-5/h1-2H,3H2. The summed E-state index contributed by atoms with van der Waals surface area (Å²) in [5.41, 5.74) is 0.451. The van der Waals surface area contributed by atoms with Crippen LogP contribution in [0.1, 0.15) is 5.69 Å². The largest absolute Gasteiger partial charge is 0.240 e. The van der Waals surface area contributed by atoms with Crippen LogP contribution in [0.15, 0.2) is 12.1 Å². The van der Waals surface area contributed by atoms with E-state index in [0.717, 1.165) is 6.07 Å². The molecule has 54 valence electrons. The molecule has 0 atom stereocenters. The molecule has 0 aliphatic heterocycles. The van der Waals surface area contributed by atoms with E-state index in [9.17, 15) is 4.39 Å². The third kappa shape index (κ3) is 1.82. The van der Waals surface area contributed by atoms with Gasteiger partial charge in [0.1, 0.15) is 11.0 Å². The molecule has 1 aromatic rings. The molecule has 10 heavy (non-hydrogen) atoms. The predicted octanol–water partition coefficient (Wildman–Crippen LogP) is 2.61. The Bertz CT molecular complexity index is 219. The lowest BCUT2D eigenvalue weighted by Gasteiger charge is -1.94. The lowest BCUT2D eigenvalue weighted by atomic mass is 10.4. The molecular weight excluding hydrogens is 176 g/mol. The van der Waals surface area contributed by atoms with Gasteiger partial charge in [-0.05, 0) is 6.07 Å². The van der Waals surface area contributed by atoms with Crippen LogP contribution in [0.5, 0.6) is 0 Å². The van der Waals surface area contributed by atoms with E-state index in [1.165, 1.54) is 6.07 Å². The summed E-state index contributed by atoms with van der Waals surface area (Å²) >= 11 is 10.8. The van der Waals surface area contributed by atoms with Crippen LogP contribution in [-0.2, 0) is 5.88 Å². The van der Waals surface area contributed by atoms with E-state index < -0.39 is 5.82 Å². The van der Waals surface area contributed by atoms with E-state index in [-0.39, 0.29) is 11.0 Å². The molecule has 0 aliphatic carbocycles. The van der Waals surface area contributed by atoms with Gasteiger partial charge in [-0.1, -0.05) is 11.6 Å². The maximum Gasteiger partial charge on any atom is 0.132 e. The molecule has 1 nitrogen and oxygen atoms in total. The molecule has 0 amide bonds. The monoisotopic (exact) mass is 179 g/mol. The number of aromatic nitrogens is 1. The molecule has 0 spiro atoms. The summed E-state index contributed by atoms with van der Waals surface area (Å²) in [4.78, 5) is 3.75. The van der Waals surface area contributed by atoms with Gasteiger partial charge >= 0.3 is 0 Å². The fraction of sp³-hybridized carbons (Fsp3) is 0.167. The maximum atomic E-state index is 12.4. The quantitative estimate of drug-likeness (QED) is 0.478. The average molecular weight is 180 g/mol. The Morgan fingerprint density at radius 3 is 2.70 bits per heavy atom. The second-order valence-corrected chi connectivity index (χ2v) is 2.39. The minimum Gasteiger partial charge on any atom is -0.240 e. The second-order valence-electron chi connectivity index (χ2n) is 1.73. The molecule has 1 rings (SSSR count). The lowest BCUT2D eigenvalue weighted by Crippen LogP contribution is -1.87. The Balaban J connectivity index is 3.06. The molecule has 0 saturated carbocycles. The van der Waals surface area contributed by atoms with E-state index in [0.29, 0.717) is 5.69 Å². The number of halogens is 3. The highest BCUT2D eigenvalue weighted by atomic mass is 35.5.